The highest BCUT2D eigenvalue weighted by Crippen LogP contribution is 2.37. The van der Waals surface area contributed by atoms with E-state index in [1.165, 1.54) is 16.7 Å². The predicted molar refractivity (Wildman–Crippen MR) is 112 cm³/mol. The van der Waals surface area contributed by atoms with Gasteiger partial charge in [0.25, 0.3) is 0 Å². The Kier molecular flexibility index (Phi) is 5.83. The summed E-state index contributed by atoms with van der Waals surface area (Å²) < 4.78 is 5.46. The zero-order valence-electron chi connectivity index (χ0n) is 16.5. The average molecular weight is 377 g/mol. The molecule has 4 rings (SSSR count). The van der Waals surface area contributed by atoms with Crippen LogP contribution in [0.1, 0.15) is 24.8 Å². The Morgan fingerprint density at radius 1 is 1.04 bits per heavy atom. The lowest BCUT2D eigenvalue weighted by Crippen LogP contribution is -2.45. The Balaban J connectivity index is 1.48. The van der Waals surface area contributed by atoms with E-state index in [9.17, 15) is 9.82 Å². The van der Waals surface area contributed by atoms with Crippen molar-refractivity contribution in [1.82, 2.24) is 4.81 Å². The fraction of sp³-hybridized carbons (Fsp3) is 0.435. The molecule has 4 nitrogen and oxygen atoms in total. The number of hydrogen-bond acceptors (Lipinski definition) is 3. The minimum Gasteiger partial charge on any atom is -0.432 e. The molecule has 0 aromatic heterocycles. The summed E-state index contributed by atoms with van der Waals surface area (Å²) in [6, 6.07) is 19.0. The number of hydrogen-bond donors (Lipinski definition) is 1. The smallest absolute Gasteiger partial charge is 0.411 e. The topological polar surface area (TPSA) is 49.8 Å². The zero-order valence-corrected chi connectivity index (χ0v) is 16.5. The van der Waals surface area contributed by atoms with Gasteiger partial charge in [-0.2, -0.15) is 0 Å². The Bertz CT molecular complexity index is 787. The van der Waals surface area contributed by atoms with Crippen LogP contribution in [0.3, 0.4) is 0 Å². The highest BCUT2D eigenvalue weighted by Gasteiger charge is 2.45. The molecular formula is C23H28BNO3. The summed E-state index contributed by atoms with van der Waals surface area (Å²) in [5.74, 6) is 0.521. The molecule has 0 saturated carbocycles. The summed E-state index contributed by atoms with van der Waals surface area (Å²) in [5.41, 5.74) is 3.60. The molecule has 0 radical (unpaired) electrons. The van der Waals surface area contributed by atoms with E-state index < -0.39 is 7.05 Å². The van der Waals surface area contributed by atoms with Gasteiger partial charge in [0.1, 0.15) is 0 Å². The quantitative estimate of drug-likeness (QED) is 0.810. The summed E-state index contributed by atoms with van der Waals surface area (Å²) in [6.45, 7) is 3.19. The van der Waals surface area contributed by atoms with E-state index >= 15 is 0 Å². The lowest BCUT2D eigenvalue weighted by molar-refractivity contribution is -0.130. The molecule has 146 valence electrons. The van der Waals surface area contributed by atoms with Gasteiger partial charge >= 0.3 is 7.05 Å². The monoisotopic (exact) mass is 377 g/mol. The molecule has 28 heavy (non-hydrogen) atoms. The van der Waals surface area contributed by atoms with Gasteiger partial charge in [0, 0.05) is 25.2 Å². The third kappa shape index (κ3) is 4.01. The van der Waals surface area contributed by atoms with Gasteiger partial charge in [-0.15, -0.1) is 0 Å². The second-order valence-corrected chi connectivity index (χ2v) is 8.09. The number of amides is 1. The molecule has 2 aliphatic rings. The first-order valence-electron chi connectivity index (χ1n) is 10.4. The summed E-state index contributed by atoms with van der Waals surface area (Å²) in [6.07, 6.45) is 3.51. The van der Waals surface area contributed by atoms with Crippen LogP contribution in [0.15, 0.2) is 54.6 Å². The number of benzene rings is 2. The third-order valence-corrected chi connectivity index (χ3v) is 6.26. The summed E-state index contributed by atoms with van der Waals surface area (Å²) in [4.78, 5) is 14.7. The molecule has 2 aliphatic heterocycles. The first-order chi connectivity index (χ1) is 13.6. The fourth-order valence-electron chi connectivity index (χ4n) is 4.80. The van der Waals surface area contributed by atoms with E-state index in [2.05, 4.69) is 36.4 Å². The largest absolute Gasteiger partial charge is 0.432 e. The molecular weight excluding hydrogens is 349 g/mol. The molecule has 2 aromatic carbocycles. The molecule has 0 aliphatic carbocycles. The van der Waals surface area contributed by atoms with Crippen LogP contribution in [0.4, 0.5) is 0 Å². The van der Waals surface area contributed by atoms with Crippen LogP contribution in [0.2, 0.25) is 6.82 Å². The highest BCUT2D eigenvalue weighted by molar-refractivity contribution is 6.49. The van der Waals surface area contributed by atoms with Gasteiger partial charge < -0.3 is 14.6 Å². The SMILES string of the molecule is CB(O)N1C(=O)C(C2CCOCC2)C[C@H]1Cc1ccc(-c2ccccc2)cc1. The normalized spacial score (nSPS) is 23.2. The van der Waals surface area contributed by atoms with Crippen molar-refractivity contribution in [2.75, 3.05) is 13.2 Å². The van der Waals surface area contributed by atoms with Crippen LogP contribution in [0.5, 0.6) is 0 Å². The maximum atomic E-state index is 13.0. The average Bonchev–Trinajstić information content (AvgIpc) is 3.06. The van der Waals surface area contributed by atoms with Crippen molar-refractivity contribution in [2.24, 2.45) is 11.8 Å². The molecule has 2 saturated heterocycles. The molecule has 2 aromatic rings. The zero-order chi connectivity index (χ0) is 19.5. The van der Waals surface area contributed by atoms with Crippen LogP contribution < -0.4 is 0 Å². The molecule has 2 heterocycles. The molecule has 2 atom stereocenters. The maximum absolute atomic E-state index is 13.0. The van der Waals surface area contributed by atoms with Crippen molar-refractivity contribution < 1.29 is 14.6 Å². The van der Waals surface area contributed by atoms with E-state index in [1.807, 2.05) is 18.2 Å². The molecule has 1 unspecified atom stereocenters. The number of rotatable bonds is 5. The number of nitrogens with zero attached hydrogens (tertiary/aromatic N) is 1. The van der Waals surface area contributed by atoms with E-state index in [-0.39, 0.29) is 17.9 Å². The highest BCUT2D eigenvalue weighted by atomic mass is 16.5. The number of carbonyl (C=O) groups is 1. The first kappa shape index (κ1) is 19.2. The van der Waals surface area contributed by atoms with E-state index in [4.69, 9.17) is 4.74 Å². The van der Waals surface area contributed by atoms with Crippen molar-refractivity contribution in [1.29, 1.82) is 0 Å². The lowest BCUT2D eigenvalue weighted by atomic mass is 9.82. The molecule has 1 amide bonds. The Hall–Kier alpha value is -2.11. The Morgan fingerprint density at radius 3 is 2.32 bits per heavy atom. The van der Waals surface area contributed by atoms with Crippen molar-refractivity contribution in [3.63, 3.8) is 0 Å². The number of ether oxygens (including phenoxy) is 1. The van der Waals surface area contributed by atoms with Crippen molar-refractivity contribution >= 4 is 13.0 Å². The van der Waals surface area contributed by atoms with Crippen LogP contribution >= 0.6 is 0 Å². The summed E-state index contributed by atoms with van der Waals surface area (Å²) in [7, 11) is -0.745. The minimum atomic E-state index is -0.745. The third-order valence-electron chi connectivity index (χ3n) is 6.26. The van der Waals surface area contributed by atoms with Crippen LogP contribution in [0, 0.1) is 11.8 Å². The number of carbonyl (C=O) groups excluding carboxylic acids is 1. The van der Waals surface area contributed by atoms with Gasteiger partial charge in [0.05, 0.1) is 0 Å². The summed E-state index contributed by atoms with van der Waals surface area (Å²) >= 11 is 0. The molecule has 0 bridgehead atoms. The van der Waals surface area contributed by atoms with Crippen molar-refractivity contribution in [3.8, 4) is 11.1 Å². The van der Waals surface area contributed by atoms with Crippen LogP contribution in [-0.4, -0.2) is 42.0 Å². The Labute approximate surface area is 167 Å². The van der Waals surface area contributed by atoms with E-state index in [1.54, 1.807) is 11.6 Å². The lowest BCUT2D eigenvalue weighted by Gasteiger charge is -2.27. The first-order valence-corrected chi connectivity index (χ1v) is 10.4. The van der Waals surface area contributed by atoms with Gasteiger partial charge in [-0.1, -0.05) is 54.6 Å². The predicted octanol–water partition coefficient (Wildman–Crippen LogP) is 3.65. The maximum Gasteiger partial charge on any atom is 0.411 e. The van der Waals surface area contributed by atoms with Crippen molar-refractivity contribution in [3.05, 3.63) is 60.2 Å². The van der Waals surface area contributed by atoms with Crippen molar-refractivity contribution in [2.45, 2.75) is 38.5 Å². The second-order valence-electron chi connectivity index (χ2n) is 8.09. The Morgan fingerprint density at radius 2 is 1.68 bits per heavy atom. The fourth-order valence-corrected chi connectivity index (χ4v) is 4.80. The molecule has 5 heteroatoms. The van der Waals surface area contributed by atoms with E-state index in [0.29, 0.717) is 5.92 Å². The molecule has 1 N–H and O–H groups in total. The summed E-state index contributed by atoms with van der Waals surface area (Å²) in [5, 5.41) is 10.3. The van der Waals surface area contributed by atoms with Crippen LogP contribution in [-0.2, 0) is 16.0 Å². The van der Waals surface area contributed by atoms with Gasteiger partial charge in [-0.3, -0.25) is 4.79 Å². The van der Waals surface area contributed by atoms with Gasteiger partial charge in [-0.25, -0.2) is 0 Å². The van der Waals surface area contributed by atoms with E-state index in [0.717, 1.165) is 38.9 Å². The van der Waals surface area contributed by atoms with Crippen LogP contribution in [0.25, 0.3) is 11.1 Å². The minimum absolute atomic E-state index is 0.0205. The van der Waals surface area contributed by atoms with Gasteiger partial charge in [0.15, 0.2) is 0 Å². The van der Waals surface area contributed by atoms with Gasteiger partial charge in [0.2, 0.25) is 5.91 Å². The van der Waals surface area contributed by atoms with Gasteiger partial charge in [-0.05, 0) is 55.1 Å². The molecule has 2 fully saturated rings. The standard InChI is InChI=1S/C23H28BNO3/c1-24(27)25-21(16-22(23(25)26)20-11-13-28-14-12-20)15-17-7-9-19(10-8-17)18-5-3-2-4-6-18/h2-10,20-22,27H,11-16H2,1H3/t21-,22?/m1/s1. The second kappa shape index (κ2) is 8.50. The molecule has 0 spiro atoms.